The van der Waals surface area contributed by atoms with Gasteiger partial charge in [0.15, 0.2) is 0 Å². The van der Waals surface area contributed by atoms with Crippen molar-refractivity contribution in [3.63, 3.8) is 0 Å². The highest BCUT2D eigenvalue weighted by Gasteiger charge is 2.33. The Morgan fingerprint density at radius 1 is 1.50 bits per heavy atom. The molecule has 0 aliphatic heterocycles. The fourth-order valence-electron chi connectivity index (χ4n) is 1.07. The van der Waals surface area contributed by atoms with E-state index in [1.54, 1.807) is 0 Å². The van der Waals surface area contributed by atoms with E-state index in [-0.39, 0.29) is 6.54 Å². The van der Waals surface area contributed by atoms with Crippen LogP contribution in [0.5, 0.6) is 0 Å². The summed E-state index contributed by atoms with van der Waals surface area (Å²) < 4.78 is 37.7. The number of carboxylic acid groups (broad SMARTS) is 1. The van der Waals surface area contributed by atoms with Crippen molar-refractivity contribution in [1.82, 2.24) is 9.78 Å². The molecule has 1 aromatic heterocycles. The molecule has 1 rings (SSSR count). The molecule has 0 amide bonds. The highest BCUT2D eigenvalue weighted by Crippen LogP contribution is 2.29. The summed E-state index contributed by atoms with van der Waals surface area (Å²) in [7, 11) is 0. The summed E-state index contributed by atoms with van der Waals surface area (Å²) in [6.45, 7) is 2.73. The lowest BCUT2D eigenvalue weighted by Gasteiger charge is -2.18. The van der Waals surface area contributed by atoms with Gasteiger partial charge in [-0.15, -0.1) is 0 Å². The van der Waals surface area contributed by atoms with Crippen LogP contribution in [-0.4, -0.2) is 20.9 Å². The molecular weight excluding hydrogens is 225 g/mol. The lowest BCUT2D eigenvalue weighted by molar-refractivity contribution is -0.147. The zero-order valence-electron chi connectivity index (χ0n) is 8.75. The molecule has 1 aromatic rings. The van der Waals surface area contributed by atoms with Gasteiger partial charge in [0, 0.05) is 6.20 Å². The van der Waals surface area contributed by atoms with E-state index in [9.17, 15) is 18.0 Å². The number of rotatable bonds is 3. The van der Waals surface area contributed by atoms with Crippen LogP contribution in [0, 0.1) is 5.41 Å². The van der Waals surface area contributed by atoms with Crippen LogP contribution in [0.4, 0.5) is 13.2 Å². The summed E-state index contributed by atoms with van der Waals surface area (Å²) in [6, 6.07) is 0. The monoisotopic (exact) mass is 236 g/mol. The summed E-state index contributed by atoms with van der Waals surface area (Å²) in [5.41, 5.74) is -2.04. The third-order valence-corrected chi connectivity index (χ3v) is 2.10. The van der Waals surface area contributed by atoms with E-state index in [1.165, 1.54) is 13.8 Å². The summed E-state index contributed by atoms with van der Waals surface area (Å²) in [5, 5.41) is 12.3. The fraction of sp³-hybridized carbons (Fsp3) is 0.556. The molecule has 0 aliphatic rings. The van der Waals surface area contributed by atoms with E-state index in [0.717, 1.165) is 10.9 Å². The van der Waals surface area contributed by atoms with Gasteiger partial charge in [-0.1, -0.05) is 0 Å². The molecule has 7 heteroatoms. The van der Waals surface area contributed by atoms with Crippen molar-refractivity contribution in [1.29, 1.82) is 0 Å². The first kappa shape index (κ1) is 12.5. The molecular formula is C9H11F3N2O2. The number of hydrogen-bond donors (Lipinski definition) is 1. The quantitative estimate of drug-likeness (QED) is 0.873. The smallest absolute Gasteiger partial charge is 0.419 e. The second kappa shape index (κ2) is 3.80. The number of aliphatic carboxylic acids is 1. The van der Waals surface area contributed by atoms with Crippen LogP contribution in [0.2, 0.25) is 0 Å². The topological polar surface area (TPSA) is 55.1 Å². The molecule has 0 unspecified atom stereocenters. The summed E-state index contributed by atoms with van der Waals surface area (Å²) >= 11 is 0. The second-order valence-electron chi connectivity index (χ2n) is 4.11. The van der Waals surface area contributed by atoms with E-state index in [1.807, 2.05) is 0 Å². The van der Waals surface area contributed by atoms with Crippen molar-refractivity contribution in [2.75, 3.05) is 0 Å². The van der Waals surface area contributed by atoms with Crippen molar-refractivity contribution in [2.45, 2.75) is 26.6 Å². The molecule has 0 aliphatic carbocycles. The molecule has 0 bridgehead atoms. The molecule has 0 fully saturated rings. The number of alkyl halides is 3. The average Bonchev–Trinajstić information content (AvgIpc) is 2.50. The molecule has 0 radical (unpaired) electrons. The first-order valence-electron chi connectivity index (χ1n) is 4.46. The van der Waals surface area contributed by atoms with E-state index >= 15 is 0 Å². The Morgan fingerprint density at radius 3 is 2.44 bits per heavy atom. The van der Waals surface area contributed by atoms with Crippen LogP contribution in [-0.2, 0) is 17.5 Å². The molecule has 4 nitrogen and oxygen atoms in total. The predicted molar refractivity (Wildman–Crippen MR) is 48.6 cm³/mol. The third-order valence-electron chi connectivity index (χ3n) is 2.10. The first-order valence-corrected chi connectivity index (χ1v) is 4.46. The van der Waals surface area contributed by atoms with Crippen molar-refractivity contribution < 1.29 is 23.1 Å². The minimum Gasteiger partial charge on any atom is -0.481 e. The largest absolute Gasteiger partial charge is 0.481 e. The minimum absolute atomic E-state index is 0.113. The van der Waals surface area contributed by atoms with Gasteiger partial charge in [0.05, 0.1) is 23.7 Å². The summed E-state index contributed by atoms with van der Waals surface area (Å²) in [4.78, 5) is 10.8. The van der Waals surface area contributed by atoms with Crippen LogP contribution in [0.3, 0.4) is 0 Å². The molecule has 0 atom stereocenters. The number of hydrogen-bond acceptors (Lipinski definition) is 2. The van der Waals surface area contributed by atoms with Crippen LogP contribution in [0.15, 0.2) is 12.4 Å². The number of halogens is 3. The molecule has 0 saturated carbocycles. The maximum atomic E-state index is 12.2. The maximum Gasteiger partial charge on any atom is 0.419 e. The Kier molecular flexibility index (Phi) is 2.98. The number of carbonyl (C=O) groups is 1. The van der Waals surface area contributed by atoms with Crippen LogP contribution < -0.4 is 0 Å². The summed E-state index contributed by atoms with van der Waals surface area (Å²) in [5.74, 6) is -1.09. The molecule has 0 aromatic carbocycles. The lowest BCUT2D eigenvalue weighted by Crippen LogP contribution is -2.29. The van der Waals surface area contributed by atoms with Crippen LogP contribution in [0.1, 0.15) is 19.4 Å². The molecule has 90 valence electrons. The lowest BCUT2D eigenvalue weighted by atomic mass is 9.94. The first-order chi connectivity index (χ1) is 7.13. The Labute approximate surface area is 89.7 Å². The van der Waals surface area contributed by atoms with Crippen LogP contribution >= 0.6 is 0 Å². The van der Waals surface area contributed by atoms with Gasteiger partial charge in [-0.3, -0.25) is 9.48 Å². The third kappa shape index (κ3) is 2.74. The van der Waals surface area contributed by atoms with Gasteiger partial charge in [-0.05, 0) is 13.8 Å². The van der Waals surface area contributed by atoms with Gasteiger partial charge in [-0.2, -0.15) is 18.3 Å². The van der Waals surface area contributed by atoms with Crippen molar-refractivity contribution in [3.05, 3.63) is 18.0 Å². The zero-order chi connectivity index (χ0) is 12.6. The Bertz CT molecular complexity index is 396. The van der Waals surface area contributed by atoms with Gasteiger partial charge >= 0.3 is 12.1 Å². The maximum absolute atomic E-state index is 12.2. The van der Waals surface area contributed by atoms with Gasteiger partial charge in [0.25, 0.3) is 0 Å². The van der Waals surface area contributed by atoms with E-state index < -0.39 is 23.1 Å². The average molecular weight is 236 g/mol. The Morgan fingerprint density at radius 2 is 2.06 bits per heavy atom. The number of carboxylic acids is 1. The zero-order valence-corrected chi connectivity index (χ0v) is 8.75. The Hall–Kier alpha value is -1.53. The number of aromatic nitrogens is 2. The normalized spacial score (nSPS) is 12.8. The van der Waals surface area contributed by atoms with E-state index in [4.69, 9.17) is 5.11 Å². The van der Waals surface area contributed by atoms with Crippen LogP contribution in [0.25, 0.3) is 0 Å². The molecule has 0 saturated heterocycles. The molecule has 1 heterocycles. The van der Waals surface area contributed by atoms with Crippen molar-refractivity contribution >= 4 is 5.97 Å². The second-order valence-corrected chi connectivity index (χ2v) is 4.11. The predicted octanol–water partition coefficient (Wildman–Crippen LogP) is 2.01. The highest BCUT2D eigenvalue weighted by molar-refractivity contribution is 5.73. The summed E-state index contributed by atoms with van der Waals surface area (Å²) in [6.07, 6.45) is -2.98. The van der Waals surface area contributed by atoms with Gasteiger partial charge in [-0.25, -0.2) is 0 Å². The van der Waals surface area contributed by atoms with E-state index in [0.29, 0.717) is 6.20 Å². The van der Waals surface area contributed by atoms with Gasteiger partial charge in [0.1, 0.15) is 0 Å². The standard InChI is InChI=1S/C9H11F3N2O2/c1-8(2,7(15)16)5-14-4-6(3-13-14)9(10,11)12/h3-4H,5H2,1-2H3,(H,15,16). The van der Waals surface area contributed by atoms with Crippen molar-refractivity contribution in [3.8, 4) is 0 Å². The molecule has 16 heavy (non-hydrogen) atoms. The molecule has 1 N–H and O–H groups in total. The Balaban J connectivity index is 2.85. The van der Waals surface area contributed by atoms with Gasteiger partial charge < -0.3 is 5.11 Å². The fourth-order valence-corrected chi connectivity index (χ4v) is 1.07. The van der Waals surface area contributed by atoms with Crippen molar-refractivity contribution in [2.24, 2.45) is 5.41 Å². The molecule has 0 spiro atoms. The van der Waals surface area contributed by atoms with E-state index in [2.05, 4.69) is 5.10 Å². The minimum atomic E-state index is -4.45. The number of nitrogens with zero attached hydrogens (tertiary/aromatic N) is 2. The van der Waals surface area contributed by atoms with Gasteiger partial charge in [0.2, 0.25) is 0 Å². The SMILES string of the molecule is CC(C)(Cn1cc(C(F)(F)F)cn1)C(=O)O. The highest BCUT2D eigenvalue weighted by atomic mass is 19.4.